The Kier molecular flexibility index (Phi) is 4.49. The van der Waals surface area contributed by atoms with Crippen molar-refractivity contribution in [2.75, 3.05) is 26.1 Å². The zero-order valence-electron chi connectivity index (χ0n) is 14.3. The maximum Gasteiger partial charge on any atom is 0.292 e. The lowest BCUT2D eigenvalue weighted by Gasteiger charge is -2.31. The van der Waals surface area contributed by atoms with Gasteiger partial charge in [0.05, 0.1) is 17.9 Å². The zero-order chi connectivity index (χ0) is 18.1. The number of anilines is 1. The third-order valence-electron chi connectivity index (χ3n) is 4.28. The number of hydrogen-bond acceptors (Lipinski definition) is 8. The van der Waals surface area contributed by atoms with E-state index in [2.05, 4.69) is 15.3 Å². The van der Waals surface area contributed by atoms with E-state index < -0.39 is 0 Å². The van der Waals surface area contributed by atoms with E-state index in [1.807, 2.05) is 13.0 Å². The molecule has 0 amide bonds. The third kappa shape index (κ3) is 3.22. The number of aliphatic hydroxyl groups is 1. The van der Waals surface area contributed by atoms with Crippen LogP contribution in [0.5, 0.6) is 0 Å². The quantitative estimate of drug-likeness (QED) is 0.513. The van der Waals surface area contributed by atoms with Crippen LogP contribution >= 0.6 is 0 Å². The molecule has 25 heavy (non-hydrogen) atoms. The number of hydrogen-bond donors (Lipinski definition) is 5. The lowest BCUT2D eigenvalue weighted by atomic mass is 9.90. The van der Waals surface area contributed by atoms with Crippen LogP contribution < -0.4 is 16.8 Å². The van der Waals surface area contributed by atoms with Crippen molar-refractivity contribution in [1.82, 2.24) is 15.2 Å². The Balaban J connectivity index is 1.95. The van der Waals surface area contributed by atoms with Crippen molar-refractivity contribution in [3.05, 3.63) is 28.8 Å². The molecule has 1 aromatic rings. The molecule has 0 bridgehead atoms. The summed E-state index contributed by atoms with van der Waals surface area (Å²) in [4.78, 5) is 10.4. The largest absolute Gasteiger partial charge is 0.424 e. The van der Waals surface area contributed by atoms with E-state index in [1.165, 1.54) is 0 Å². The number of nitrogens with two attached hydrogens (primary N) is 2. The topological polar surface area (TPSA) is 150 Å². The number of nitrogen functional groups attached to an aromatic ring is 1. The molecule has 0 saturated heterocycles. The summed E-state index contributed by atoms with van der Waals surface area (Å²) >= 11 is 0. The summed E-state index contributed by atoms with van der Waals surface area (Å²) in [5, 5.41) is 20.8. The summed E-state index contributed by atoms with van der Waals surface area (Å²) in [5.74, 6) is 1.32. The fourth-order valence-electron chi connectivity index (χ4n) is 2.84. The predicted molar refractivity (Wildman–Crippen MR) is 95.8 cm³/mol. The van der Waals surface area contributed by atoms with Crippen molar-refractivity contribution in [3.8, 4) is 0 Å². The van der Waals surface area contributed by atoms with Gasteiger partial charge in [-0.2, -0.15) is 4.98 Å². The summed E-state index contributed by atoms with van der Waals surface area (Å²) in [5.41, 5.74) is 13.9. The molecule has 1 aliphatic carbocycles. The number of rotatable bonds is 3. The second kappa shape index (κ2) is 6.60. The van der Waals surface area contributed by atoms with Gasteiger partial charge in [0.2, 0.25) is 0 Å². The van der Waals surface area contributed by atoms with Crippen molar-refractivity contribution in [2.24, 2.45) is 16.6 Å². The van der Waals surface area contributed by atoms with Gasteiger partial charge in [-0.1, -0.05) is 6.08 Å². The van der Waals surface area contributed by atoms with Crippen molar-refractivity contribution >= 4 is 23.8 Å². The van der Waals surface area contributed by atoms with Gasteiger partial charge in [-0.05, 0) is 13.0 Å². The van der Waals surface area contributed by atoms with E-state index >= 15 is 0 Å². The standard InChI is InChI=1S/C16H23N7O2/c1-8(6-24)21-15-12(14(18)23(2)7-20-15)13(17)9-3-4-11-10(5-9)22-16(19)25-11/h3-4,8-9,18,24H,5-7,17H2,1-2H3,(H2,19,22)(H,20,21). The highest BCUT2D eigenvalue weighted by molar-refractivity contribution is 6.23. The molecule has 9 nitrogen and oxygen atoms in total. The molecule has 2 unspecified atom stereocenters. The van der Waals surface area contributed by atoms with E-state index in [1.54, 1.807) is 18.0 Å². The Bertz CT molecular complexity index is 777. The van der Waals surface area contributed by atoms with Gasteiger partial charge in [0.1, 0.15) is 18.3 Å². The Morgan fingerprint density at radius 3 is 3.08 bits per heavy atom. The van der Waals surface area contributed by atoms with Crippen LogP contribution in [0, 0.1) is 11.3 Å². The summed E-state index contributed by atoms with van der Waals surface area (Å²) in [6.07, 6.45) is 4.27. The summed E-state index contributed by atoms with van der Waals surface area (Å²) in [6, 6.07) is -0.0612. The molecular formula is C16H23N7O2. The van der Waals surface area contributed by atoms with E-state index in [-0.39, 0.29) is 24.6 Å². The Hall–Kier alpha value is -2.81. The molecule has 9 heteroatoms. The van der Waals surface area contributed by atoms with Gasteiger partial charge in [-0.25, -0.2) is 4.99 Å². The van der Waals surface area contributed by atoms with Crippen LogP contribution in [0.1, 0.15) is 18.4 Å². The van der Waals surface area contributed by atoms with Gasteiger partial charge in [-0.15, -0.1) is 0 Å². The first-order valence-electron chi connectivity index (χ1n) is 8.06. The SMILES string of the molecule is CC(CO)NC1=NCN(C)C(=N)C1=C(N)C1C=Cc2oc(N)nc2C1. The highest BCUT2D eigenvalue weighted by atomic mass is 16.4. The number of likely N-dealkylation sites (N-methyl/N-ethyl adjacent to an activating group) is 1. The number of allylic oxidation sites excluding steroid dienone is 1. The summed E-state index contributed by atoms with van der Waals surface area (Å²) < 4.78 is 5.31. The van der Waals surface area contributed by atoms with E-state index in [0.29, 0.717) is 41.8 Å². The first-order chi connectivity index (χ1) is 11.9. The van der Waals surface area contributed by atoms with Crippen molar-refractivity contribution in [1.29, 1.82) is 5.41 Å². The molecule has 0 radical (unpaired) electrons. The number of nitrogens with one attached hydrogen (secondary N) is 2. The smallest absolute Gasteiger partial charge is 0.292 e. The normalized spacial score (nSPS) is 23.2. The van der Waals surface area contributed by atoms with Gasteiger partial charge in [0.15, 0.2) is 5.76 Å². The fourth-order valence-corrected chi connectivity index (χ4v) is 2.84. The Morgan fingerprint density at radius 1 is 1.60 bits per heavy atom. The number of fused-ring (bicyclic) bond motifs is 1. The molecule has 0 spiro atoms. The van der Waals surface area contributed by atoms with Crippen LogP contribution in [0.4, 0.5) is 6.01 Å². The molecule has 7 N–H and O–H groups in total. The Morgan fingerprint density at radius 2 is 2.36 bits per heavy atom. The lowest BCUT2D eigenvalue weighted by Crippen LogP contribution is -2.46. The van der Waals surface area contributed by atoms with Crippen molar-refractivity contribution in [2.45, 2.75) is 19.4 Å². The molecule has 0 aromatic carbocycles. The van der Waals surface area contributed by atoms with Crippen molar-refractivity contribution in [3.63, 3.8) is 0 Å². The van der Waals surface area contributed by atoms with E-state index in [9.17, 15) is 5.11 Å². The second-order valence-corrected chi connectivity index (χ2v) is 6.29. The lowest BCUT2D eigenvalue weighted by molar-refractivity contribution is 0.264. The second-order valence-electron chi connectivity index (χ2n) is 6.29. The molecule has 2 aliphatic rings. The zero-order valence-corrected chi connectivity index (χ0v) is 14.3. The number of aliphatic imine (C=N–C) groups is 1. The molecule has 1 aliphatic heterocycles. The molecule has 134 valence electrons. The monoisotopic (exact) mass is 345 g/mol. The number of nitrogens with zero attached hydrogens (tertiary/aromatic N) is 3. The van der Waals surface area contributed by atoms with Gasteiger partial charge in [-0.3, -0.25) is 5.41 Å². The number of amidine groups is 2. The minimum Gasteiger partial charge on any atom is -0.424 e. The number of oxazole rings is 1. The minimum atomic E-state index is -0.193. The molecule has 2 atom stereocenters. The fraction of sp³-hybridized carbons (Fsp3) is 0.438. The molecule has 1 aromatic heterocycles. The van der Waals surface area contributed by atoms with Crippen LogP contribution in [-0.2, 0) is 6.42 Å². The molecule has 0 fully saturated rings. The highest BCUT2D eigenvalue weighted by Crippen LogP contribution is 2.29. The first-order valence-corrected chi connectivity index (χ1v) is 8.06. The van der Waals surface area contributed by atoms with Gasteiger partial charge in [0.25, 0.3) is 6.01 Å². The maximum atomic E-state index is 9.30. The van der Waals surface area contributed by atoms with Gasteiger partial charge < -0.3 is 31.2 Å². The molecule has 3 rings (SSSR count). The molecule has 0 saturated carbocycles. The maximum absolute atomic E-state index is 9.30. The molecule has 2 heterocycles. The van der Waals surface area contributed by atoms with Gasteiger partial charge in [0, 0.05) is 31.1 Å². The minimum absolute atomic E-state index is 0.0414. The van der Waals surface area contributed by atoms with Crippen LogP contribution in [0.2, 0.25) is 0 Å². The third-order valence-corrected chi connectivity index (χ3v) is 4.28. The van der Waals surface area contributed by atoms with Crippen LogP contribution in [0.25, 0.3) is 6.08 Å². The highest BCUT2D eigenvalue weighted by Gasteiger charge is 2.29. The van der Waals surface area contributed by atoms with E-state index in [0.717, 1.165) is 5.69 Å². The van der Waals surface area contributed by atoms with Crippen LogP contribution in [-0.4, -0.2) is 53.0 Å². The number of aliphatic hydroxyl groups excluding tert-OH is 1. The first kappa shape index (κ1) is 17.0. The average Bonchev–Trinajstić information content (AvgIpc) is 2.96. The molecular weight excluding hydrogens is 322 g/mol. The van der Waals surface area contributed by atoms with Gasteiger partial charge >= 0.3 is 0 Å². The predicted octanol–water partition coefficient (Wildman–Crippen LogP) is -0.0958. The Labute approximate surface area is 145 Å². The number of aromatic nitrogens is 1. The average molecular weight is 345 g/mol. The van der Waals surface area contributed by atoms with Crippen LogP contribution in [0.3, 0.4) is 0 Å². The summed E-state index contributed by atoms with van der Waals surface area (Å²) in [7, 11) is 1.79. The van der Waals surface area contributed by atoms with E-state index in [4.69, 9.17) is 21.3 Å². The van der Waals surface area contributed by atoms with Crippen LogP contribution in [0.15, 0.2) is 26.8 Å². The van der Waals surface area contributed by atoms with Crippen molar-refractivity contribution < 1.29 is 9.52 Å². The summed E-state index contributed by atoms with van der Waals surface area (Å²) in [6.45, 7) is 2.16.